The minimum atomic E-state index is -0.326. The van der Waals surface area contributed by atoms with Gasteiger partial charge in [0.15, 0.2) is 0 Å². The van der Waals surface area contributed by atoms with Gasteiger partial charge in [-0.15, -0.1) is 0 Å². The number of hydrogen-bond donors (Lipinski definition) is 3. The first kappa shape index (κ1) is 16.3. The number of rotatable bonds is 6. The standard InChI is InChI=1S/C15H19ClN4O2/c1-11(10-21)19-15(22)17-9-14(20-8-2-7-18-20)12-3-5-13(16)6-4-12/h2-8,11,14,21H,9-10H2,1H3,(H2,17,19,22). The van der Waals surface area contributed by atoms with E-state index in [4.69, 9.17) is 16.7 Å². The Morgan fingerprint density at radius 3 is 2.73 bits per heavy atom. The smallest absolute Gasteiger partial charge is 0.315 e. The van der Waals surface area contributed by atoms with Crippen LogP contribution in [-0.2, 0) is 0 Å². The molecule has 1 aromatic heterocycles. The van der Waals surface area contributed by atoms with Gasteiger partial charge in [-0.3, -0.25) is 4.68 Å². The number of urea groups is 1. The molecule has 0 saturated carbocycles. The summed E-state index contributed by atoms with van der Waals surface area (Å²) in [5.74, 6) is 0. The minimum Gasteiger partial charge on any atom is -0.394 e. The second-order valence-electron chi connectivity index (χ2n) is 4.99. The Hall–Kier alpha value is -2.05. The Kier molecular flexibility index (Phi) is 5.80. The number of nitrogens with one attached hydrogen (secondary N) is 2. The molecular formula is C15H19ClN4O2. The minimum absolute atomic E-state index is 0.104. The van der Waals surface area contributed by atoms with E-state index in [9.17, 15) is 4.79 Å². The quantitative estimate of drug-likeness (QED) is 0.759. The number of aliphatic hydroxyl groups excluding tert-OH is 1. The van der Waals surface area contributed by atoms with Gasteiger partial charge in [-0.25, -0.2) is 4.79 Å². The second-order valence-corrected chi connectivity index (χ2v) is 5.43. The van der Waals surface area contributed by atoms with Gasteiger partial charge in [-0.1, -0.05) is 23.7 Å². The van der Waals surface area contributed by atoms with Gasteiger partial charge in [0.25, 0.3) is 0 Å². The molecule has 7 heteroatoms. The third-order valence-corrected chi connectivity index (χ3v) is 3.46. The van der Waals surface area contributed by atoms with Crippen molar-refractivity contribution in [2.24, 2.45) is 0 Å². The summed E-state index contributed by atoms with van der Waals surface area (Å²) in [5, 5.41) is 19.3. The van der Waals surface area contributed by atoms with Crippen molar-refractivity contribution in [3.63, 3.8) is 0 Å². The van der Waals surface area contributed by atoms with Gasteiger partial charge in [0, 0.05) is 24.0 Å². The maximum atomic E-state index is 11.8. The van der Waals surface area contributed by atoms with Crippen LogP contribution in [0, 0.1) is 0 Å². The monoisotopic (exact) mass is 322 g/mol. The fourth-order valence-electron chi connectivity index (χ4n) is 2.02. The number of aromatic nitrogens is 2. The lowest BCUT2D eigenvalue weighted by atomic mass is 10.1. The molecule has 0 aliphatic carbocycles. The maximum absolute atomic E-state index is 11.8. The highest BCUT2D eigenvalue weighted by Gasteiger charge is 2.16. The summed E-state index contributed by atoms with van der Waals surface area (Å²) in [6.07, 6.45) is 3.53. The van der Waals surface area contributed by atoms with Gasteiger partial charge < -0.3 is 15.7 Å². The summed E-state index contributed by atoms with van der Waals surface area (Å²) < 4.78 is 1.78. The Bertz CT molecular complexity index is 586. The molecule has 0 radical (unpaired) electrons. The molecule has 2 atom stereocenters. The summed E-state index contributed by atoms with van der Waals surface area (Å²) >= 11 is 5.92. The molecule has 2 amide bonds. The van der Waals surface area contributed by atoms with Crippen LogP contribution in [0.2, 0.25) is 5.02 Å². The van der Waals surface area contributed by atoms with Crippen LogP contribution >= 0.6 is 11.6 Å². The van der Waals surface area contributed by atoms with Gasteiger partial charge >= 0.3 is 6.03 Å². The van der Waals surface area contributed by atoms with Crippen LogP contribution in [0.3, 0.4) is 0 Å². The molecular weight excluding hydrogens is 304 g/mol. The molecule has 2 rings (SSSR count). The van der Waals surface area contributed by atoms with E-state index >= 15 is 0 Å². The molecule has 0 aliphatic rings. The molecule has 1 aromatic carbocycles. The largest absolute Gasteiger partial charge is 0.394 e. The molecule has 2 aromatic rings. The van der Waals surface area contributed by atoms with Crippen LogP contribution in [0.1, 0.15) is 18.5 Å². The second kappa shape index (κ2) is 7.82. The zero-order valence-corrected chi connectivity index (χ0v) is 13.0. The van der Waals surface area contributed by atoms with Gasteiger partial charge in [-0.2, -0.15) is 5.10 Å². The van der Waals surface area contributed by atoms with Crippen molar-refractivity contribution in [3.8, 4) is 0 Å². The molecule has 0 saturated heterocycles. The third-order valence-electron chi connectivity index (χ3n) is 3.21. The lowest BCUT2D eigenvalue weighted by Gasteiger charge is -2.20. The lowest BCUT2D eigenvalue weighted by molar-refractivity contribution is 0.219. The van der Waals surface area contributed by atoms with E-state index in [-0.39, 0.29) is 24.7 Å². The highest BCUT2D eigenvalue weighted by Crippen LogP contribution is 2.19. The molecule has 6 nitrogen and oxygen atoms in total. The molecule has 2 unspecified atom stereocenters. The molecule has 118 valence electrons. The number of carbonyl (C=O) groups excluding carboxylic acids is 1. The van der Waals surface area contributed by atoms with Crippen LogP contribution in [0.5, 0.6) is 0 Å². The Balaban J connectivity index is 2.06. The van der Waals surface area contributed by atoms with Gasteiger partial charge in [0.1, 0.15) is 0 Å². The number of aliphatic hydroxyl groups is 1. The first-order chi connectivity index (χ1) is 10.6. The molecule has 0 spiro atoms. The van der Waals surface area contributed by atoms with Crippen molar-refractivity contribution in [2.75, 3.05) is 13.2 Å². The average Bonchev–Trinajstić information content (AvgIpc) is 3.03. The molecule has 0 fully saturated rings. The number of amides is 2. The van der Waals surface area contributed by atoms with E-state index in [2.05, 4.69) is 15.7 Å². The topological polar surface area (TPSA) is 79.2 Å². The van der Waals surface area contributed by atoms with Gasteiger partial charge in [0.2, 0.25) is 0 Å². The Morgan fingerprint density at radius 2 is 2.14 bits per heavy atom. The number of carbonyl (C=O) groups is 1. The van der Waals surface area contributed by atoms with E-state index in [1.165, 1.54) is 0 Å². The first-order valence-corrected chi connectivity index (χ1v) is 7.37. The van der Waals surface area contributed by atoms with E-state index in [1.807, 2.05) is 24.4 Å². The Morgan fingerprint density at radius 1 is 1.41 bits per heavy atom. The van der Waals surface area contributed by atoms with E-state index in [0.29, 0.717) is 11.6 Å². The number of benzene rings is 1. The zero-order valence-electron chi connectivity index (χ0n) is 12.2. The van der Waals surface area contributed by atoms with Gasteiger partial charge in [0.05, 0.1) is 18.7 Å². The highest BCUT2D eigenvalue weighted by molar-refractivity contribution is 6.30. The van der Waals surface area contributed by atoms with Crippen molar-refractivity contribution in [1.82, 2.24) is 20.4 Å². The summed E-state index contributed by atoms with van der Waals surface area (Å²) in [4.78, 5) is 11.8. The number of hydrogen-bond acceptors (Lipinski definition) is 3. The van der Waals surface area contributed by atoms with E-state index < -0.39 is 0 Å². The molecule has 3 N–H and O–H groups in total. The van der Waals surface area contributed by atoms with Crippen LogP contribution in [-0.4, -0.2) is 40.1 Å². The molecule has 22 heavy (non-hydrogen) atoms. The summed E-state index contributed by atoms with van der Waals surface area (Å²) in [6, 6.07) is 8.50. The van der Waals surface area contributed by atoms with Crippen molar-refractivity contribution in [2.45, 2.75) is 19.0 Å². The predicted octanol–water partition coefficient (Wildman–Crippen LogP) is 1.81. The van der Waals surface area contributed by atoms with Crippen LogP contribution in [0.4, 0.5) is 4.79 Å². The first-order valence-electron chi connectivity index (χ1n) is 7.00. The van der Waals surface area contributed by atoms with Crippen LogP contribution in [0.25, 0.3) is 0 Å². The van der Waals surface area contributed by atoms with Gasteiger partial charge in [-0.05, 0) is 30.7 Å². The highest BCUT2D eigenvalue weighted by atomic mass is 35.5. The number of nitrogens with zero attached hydrogens (tertiary/aromatic N) is 2. The summed E-state index contributed by atoms with van der Waals surface area (Å²) in [7, 11) is 0. The Labute approximate surface area is 134 Å². The molecule has 1 heterocycles. The third kappa shape index (κ3) is 4.47. The van der Waals surface area contributed by atoms with E-state index in [0.717, 1.165) is 5.56 Å². The van der Waals surface area contributed by atoms with E-state index in [1.54, 1.807) is 29.9 Å². The van der Waals surface area contributed by atoms with Crippen molar-refractivity contribution in [3.05, 3.63) is 53.3 Å². The average molecular weight is 323 g/mol. The van der Waals surface area contributed by atoms with Crippen molar-refractivity contribution >= 4 is 17.6 Å². The lowest BCUT2D eigenvalue weighted by Crippen LogP contribution is -2.44. The van der Waals surface area contributed by atoms with Crippen LogP contribution < -0.4 is 10.6 Å². The maximum Gasteiger partial charge on any atom is 0.315 e. The molecule has 0 bridgehead atoms. The fourth-order valence-corrected chi connectivity index (χ4v) is 2.15. The molecule has 0 aliphatic heterocycles. The summed E-state index contributed by atoms with van der Waals surface area (Å²) in [6.45, 7) is 1.99. The van der Waals surface area contributed by atoms with Crippen molar-refractivity contribution in [1.29, 1.82) is 0 Å². The number of halogens is 1. The zero-order chi connectivity index (χ0) is 15.9. The summed E-state index contributed by atoms with van der Waals surface area (Å²) in [5.41, 5.74) is 0.989. The fraction of sp³-hybridized carbons (Fsp3) is 0.333. The SMILES string of the molecule is CC(CO)NC(=O)NCC(c1ccc(Cl)cc1)n1cccn1. The van der Waals surface area contributed by atoms with Crippen LogP contribution in [0.15, 0.2) is 42.7 Å². The normalized spacial score (nSPS) is 13.4. The predicted molar refractivity (Wildman–Crippen MR) is 84.9 cm³/mol. The van der Waals surface area contributed by atoms with Crippen molar-refractivity contribution < 1.29 is 9.90 Å².